The van der Waals surface area contributed by atoms with Gasteiger partial charge in [0.2, 0.25) is 0 Å². The molecule has 2 heterocycles. The summed E-state index contributed by atoms with van der Waals surface area (Å²) >= 11 is 0. The lowest BCUT2D eigenvalue weighted by Gasteiger charge is -2.35. The molecule has 1 fully saturated rings. The van der Waals surface area contributed by atoms with E-state index in [0.29, 0.717) is 0 Å². The molecule has 128 valence electrons. The summed E-state index contributed by atoms with van der Waals surface area (Å²) in [5, 5.41) is 8.07. The van der Waals surface area contributed by atoms with E-state index < -0.39 is 0 Å². The summed E-state index contributed by atoms with van der Waals surface area (Å²) in [5.74, 6) is 1.77. The molecule has 0 radical (unpaired) electrons. The van der Waals surface area contributed by atoms with Crippen LogP contribution in [0.25, 0.3) is 0 Å². The largest absolute Gasteiger partial charge is 0.497 e. The van der Waals surface area contributed by atoms with Crippen molar-refractivity contribution in [2.75, 3.05) is 45.3 Å². The molecule has 24 heavy (non-hydrogen) atoms. The molecule has 2 aromatic rings. The zero-order chi connectivity index (χ0) is 16.8. The quantitative estimate of drug-likeness (QED) is 0.806. The molecule has 1 unspecified atom stereocenters. The molecule has 1 aliphatic rings. The first-order valence-corrected chi connectivity index (χ1v) is 8.20. The van der Waals surface area contributed by atoms with Gasteiger partial charge in [0.05, 0.1) is 19.8 Å². The number of ether oxygens (including phenoxy) is 2. The predicted octanol–water partition coefficient (Wildman–Crippen LogP) is 1.82. The number of benzene rings is 1. The summed E-state index contributed by atoms with van der Waals surface area (Å²) in [6, 6.07) is 12.1. The van der Waals surface area contributed by atoms with Crippen LogP contribution in [0.15, 0.2) is 42.6 Å². The second-order valence-corrected chi connectivity index (χ2v) is 6.04. The number of nitrogens with zero attached hydrogens (tertiary/aromatic N) is 4. The fraction of sp³-hybridized carbons (Fsp3) is 0.444. The van der Waals surface area contributed by atoms with Crippen molar-refractivity contribution < 1.29 is 9.47 Å². The molecule has 3 rings (SSSR count). The third-order valence-corrected chi connectivity index (χ3v) is 4.19. The molecule has 1 aromatic heterocycles. The number of rotatable bonds is 6. The summed E-state index contributed by atoms with van der Waals surface area (Å²) in [7, 11) is 3.72. The van der Waals surface area contributed by atoms with Crippen LogP contribution in [-0.2, 0) is 11.3 Å². The Labute approximate surface area is 143 Å². The molecule has 0 aliphatic carbocycles. The Morgan fingerprint density at radius 2 is 2.25 bits per heavy atom. The third kappa shape index (κ3) is 4.43. The van der Waals surface area contributed by atoms with Crippen molar-refractivity contribution in [3.05, 3.63) is 48.2 Å². The van der Waals surface area contributed by atoms with E-state index in [4.69, 9.17) is 9.47 Å². The first-order chi connectivity index (χ1) is 11.7. The summed E-state index contributed by atoms with van der Waals surface area (Å²) in [6.07, 6.45) is 1.85. The molecular formula is C18H24N4O2. The van der Waals surface area contributed by atoms with Gasteiger partial charge in [0.15, 0.2) is 5.82 Å². The van der Waals surface area contributed by atoms with Gasteiger partial charge in [-0.25, -0.2) is 0 Å². The highest BCUT2D eigenvalue weighted by molar-refractivity contribution is 5.35. The molecule has 0 amide bonds. The van der Waals surface area contributed by atoms with E-state index >= 15 is 0 Å². The predicted molar refractivity (Wildman–Crippen MR) is 93.3 cm³/mol. The van der Waals surface area contributed by atoms with Crippen LogP contribution in [-0.4, -0.2) is 61.6 Å². The van der Waals surface area contributed by atoms with Crippen molar-refractivity contribution in [2.45, 2.75) is 12.6 Å². The van der Waals surface area contributed by atoms with Gasteiger partial charge in [0.25, 0.3) is 0 Å². The van der Waals surface area contributed by atoms with Crippen LogP contribution in [0.1, 0.15) is 5.56 Å². The third-order valence-electron chi connectivity index (χ3n) is 4.19. The van der Waals surface area contributed by atoms with Crippen molar-refractivity contribution in [2.24, 2.45) is 0 Å². The van der Waals surface area contributed by atoms with Gasteiger partial charge in [0.1, 0.15) is 5.75 Å². The number of anilines is 1. The first-order valence-electron chi connectivity index (χ1n) is 8.20. The highest BCUT2D eigenvalue weighted by Crippen LogP contribution is 2.17. The average Bonchev–Trinajstić information content (AvgIpc) is 2.63. The Balaban J connectivity index is 1.56. The van der Waals surface area contributed by atoms with Gasteiger partial charge < -0.3 is 14.4 Å². The van der Waals surface area contributed by atoms with Crippen LogP contribution in [0.5, 0.6) is 5.75 Å². The fourth-order valence-corrected chi connectivity index (χ4v) is 2.96. The number of hydrogen-bond donors (Lipinski definition) is 0. The van der Waals surface area contributed by atoms with E-state index in [9.17, 15) is 0 Å². The smallest absolute Gasteiger partial charge is 0.151 e. The molecule has 6 nitrogen and oxygen atoms in total. The Morgan fingerprint density at radius 1 is 1.33 bits per heavy atom. The average molecular weight is 328 g/mol. The molecule has 1 aromatic carbocycles. The fourth-order valence-electron chi connectivity index (χ4n) is 2.96. The Morgan fingerprint density at radius 3 is 3.04 bits per heavy atom. The Bertz CT molecular complexity index is 638. The Kier molecular flexibility index (Phi) is 5.61. The van der Waals surface area contributed by atoms with Gasteiger partial charge in [0, 0.05) is 39.4 Å². The summed E-state index contributed by atoms with van der Waals surface area (Å²) in [4.78, 5) is 4.51. The maximum Gasteiger partial charge on any atom is 0.151 e. The maximum absolute atomic E-state index is 5.93. The van der Waals surface area contributed by atoms with Crippen molar-refractivity contribution >= 4 is 5.82 Å². The lowest BCUT2D eigenvalue weighted by molar-refractivity contribution is -0.0265. The molecule has 0 N–H and O–H groups in total. The Hall–Kier alpha value is -2.18. The number of likely N-dealkylation sites (N-methyl/N-ethyl adjacent to an activating group) is 1. The van der Waals surface area contributed by atoms with Gasteiger partial charge in [-0.2, -0.15) is 5.10 Å². The molecule has 1 atom stereocenters. The van der Waals surface area contributed by atoms with Crippen molar-refractivity contribution in [1.82, 2.24) is 15.1 Å². The summed E-state index contributed by atoms with van der Waals surface area (Å²) < 4.78 is 11.2. The number of methoxy groups -OCH3 is 1. The summed E-state index contributed by atoms with van der Waals surface area (Å²) in [5.41, 5.74) is 1.26. The minimum atomic E-state index is 0.163. The highest BCUT2D eigenvalue weighted by Gasteiger charge is 2.22. The van der Waals surface area contributed by atoms with Gasteiger partial charge in [-0.1, -0.05) is 12.1 Å². The zero-order valence-electron chi connectivity index (χ0n) is 14.3. The number of hydrogen-bond acceptors (Lipinski definition) is 6. The van der Waals surface area contributed by atoms with Gasteiger partial charge in [-0.15, -0.1) is 5.10 Å². The van der Waals surface area contributed by atoms with E-state index in [2.05, 4.69) is 32.1 Å². The standard InChI is InChI=1S/C18H24N4O2/c1-21(18-7-4-8-19-20-18)13-17-14-22(9-10-24-17)12-15-5-3-6-16(11-15)23-2/h3-8,11,17H,9-10,12-14H2,1-2H3. The zero-order valence-corrected chi connectivity index (χ0v) is 14.3. The number of aromatic nitrogens is 2. The second-order valence-electron chi connectivity index (χ2n) is 6.04. The molecular weight excluding hydrogens is 304 g/mol. The van der Waals surface area contributed by atoms with Crippen LogP contribution in [0.4, 0.5) is 5.82 Å². The lowest BCUT2D eigenvalue weighted by Crippen LogP contribution is -2.46. The van der Waals surface area contributed by atoms with E-state index in [1.165, 1.54) is 5.56 Å². The van der Waals surface area contributed by atoms with Crippen molar-refractivity contribution in [3.8, 4) is 5.75 Å². The minimum absolute atomic E-state index is 0.163. The molecule has 1 saturated heterocycles. The maximum atomic E-state index is 5.93. The first kappa shape index (κ1) is 16.7. The topological polar surface area (TPSA) is 50.7 Å². The van der Waals surface area contributed by atoms with Crippen LogP contribution >= 0.6 is 0 Å². The van der Waals surface area contributed by atoms with E-state index in [0.717, 1.165) is 44.4 Å². The van der Waals surface area contributed by atoms with Crippen LogP contribution in [0.3, 0.4) is 0 Å². The highest BCUT2D eigenvalue weighted by atomic mass is 16.5. The second kappa shape index (κ2) is 8.08. The normalized spacial score (nSPS) is 18.3. The molecule has 6 heteroatoms. The van der Waals surface area contributed by atoms with Gasteiger partial charge in [-0.3, -0.25) is 4.90 Å². The van der Waals surface area contributed by atoms with Gasteiger partial charge in [-0.05, 0) is 29.8 Å². The lowest BCUT2D eigenvalue weighted by atomic mass is 10.1. The van der Waals surface area contributed by atoms with Crippen molar-refractivity contribution in [3.63, 3.8) is 0 Å². The molecule has 0 spiro atoms. The van der Waals surface area contributed by atoms with E-state index in [-0.39, 0.29) is 6.10 Å². The SMILES string of the molecule is COc1cccc(CN2CCOC(CN(C)c3cccnn3)C2)c1. The summed E-state index contributed by atoms with van der Waals surface area (Å²) in [6.45, 7) is 4.31. The van der Waals surface area contributed by atoms with Crippen LogP contribution in [0.2, 0.25) is 0 Å². The molecule has 0 saturated carbocycles. The number of morpholine rings is 1. The molecule has 0 bridgehead atoms. The van der Waals surface area contributed by atoms with E-state index in [1.54, 1.807) is 13.3 Å². The van der Waals surface area contributed by atoms with Crippen molar-refractivity contribution in [1.29, 1.82) is 0 Å². The minimum Gasteiger partial charge on any atom is -0.497 e. The van der Waals surface area contributed by atoms with Gasteiger partial charge >= 0.3 is 0 Å². The van der Waals surface area contributed by atoms with Crippen LogP contribution in [0, 0.1) is 0 Å². The molecule has 1 aliphatic heterocycles. The monoisotopic (exact) mass is 328 g/mol. The van der Waals surface area contributed by atoms with Crippen LogP contribution < -0.4 is 9.64 Å². The van der Waals surface area contributed by atoms with E-state index in [1.807, 2.05) is 31.3 Å².